The van der Waals surface area contributed by atoms with E-state index in [4.69, 9.17) is 9.97 Å². The van der Waals surface area contributed by atoms with E-state index in [1.54, 1.807) is 0 Å². The molecule has 0 amide bonds. The van der Waals surface area contributed by atoms with Crippen molar-refractivity contribution in [3.8, 4) is 67.5 Å². The minimum atomic E-state index is 0.929. The van der Waals surface area contributed by atoms with Crippen LogP contribution in [0.5, 0.6) is 0 Å². The molecule has 8 aromatic rings. The van der Waals surface area contributed by atoms with Crippen molar-refractivity contribution in [3.05, 3.63) is 183 Å². The molecule has 0 aliphatic carbocycles. The van der Waals surface area contributed by atoms with Crippen molar-refractivity contribution < 1.29 is 0 Å². The topological polar surface area (TPSA) is 35.6 Å². The molecule has 0 atom stereocenters. The van der Waals surface area contributed by atoms with Crippen LogP contribution in [0.2, 0.25) is 0 Å². The summed E-state index contributed by atoms with van der Waals surface area (Å²) in [4.78, 5) is 10.2. The van der Waals surface area contributed by atoms with Gasteiger partial charge in [-0.05, 0) is 35.4 Å². The first kappa shape index (κ1) is 27.3. The fourth-order valence-corrected chi connectivity index (χ4v) is 6.25. The van der Waals surface area contributed by atoms with Gasteiger partial charge in [0.25, 0.3) is 0 Å². The number of benzene rings is 6. The maximum Gasteiger partial charge on any atom is 0.100 e. The van der Waals surface area contributed by atoms with Crippen molar-refractivity contribution in [2.75, 3.05) is 0 Å². The molecular formula is C42H30N4. The highest BCUT2D eigenvalue weighted by atomic mass is 15.1. The van der Waals surface area contributed by atoms with Crippen LogP contribution in [-0.4, -0.2) is 19.1 Å². The predicted molar refractivity (Wildman–Crippen MR) is 188 cm³/mol. The summed E-state index contributed by atoms with van der Waals surface area (Å²) < 4.78 is 4.37. The number of aromatic nitrogens is 4. The van der Waals surface area contributed by atoms with Crippen molar-refractivity contribution in [2.45, 2.75) is 0 Å². The molecule has 2 aromatic heterocycles. The summed E-state index contributed by atoms with van der Waals surface area (Å²) in [6.07, 6.45) is 3.87. The Kier molecular flexibility index (Phi) is 7.14. The van der Waals surface area contributed by atoms with Gasteiger partial charge in [-0.1, -0.05) is 146 Å². The molecule has 2 heterocycles. The highest BCUT2D eigenvalue weighted by Crippen LogP contribution is 2.43. The zero-order valence-electron chi connectivity index (χ0n) is 25.1. The summed E-state index contributed by atoms with van der Waals surface area (Å²) >= 11 is 0. The van der Waals surface area contributed by atoms with Crippen molar-refractivity contribution in [1.29, 1.82) is 0 Å². The minimum Gasteiger partial charge on any atom is -0.298 e. The standard InChI is InChI=1S/C42H30N4/c1-5-17-31(18-6-1)41-39(43-29-45(41)33-21-9-3-10-22-33)37-27-15-13-25-35(37)36-26-14-16-28-38(36)40-42(32-19-7-2-8-20-32)46(30-44-40)34-23-11-4-12-24-34/h1-30H. The van der Waals surface area contributed by atoms with Crippen LogP contribution in [0.15, 0.2) is 183 Å². The molecule has 0 N–H and O–H groups in total. The lowest BCUT2D eigenvalue weighted by Gasteiger charge is -2.16. The van der Waals surface area contributed by atoms with E-state index in [0.29, 0.717) is 0 Å². The Morgan fingerprint density at radius 3 is 0.978 bits per heavy atom. The van der Waals surface area contributed by atoms with Gasteiger partial charge in [0, 0.05) is 33.6 Å². The fourth-order valence-electron chi connectivity index (χ4n) is 6.25. The molecule has 0 saturated carbocycles. The molecule has 0 spiro atoms. The first-order valence-electron chi connectivity index (χ1n) is 15.4. The van der Waals surface area contributed by atoms with E-state index in [0.717, 1.165) is 67.5 Å². The molecule has 8 rings (SSSR count). The van der Waals surface area contributed by atoms with E-state index in [1.807, 2.05) is 24.8 Å². The van der Waals surface area contributed by atoms with Crippen molar-refractivity contribution >= 4 is 0 Å². The fraction of sp³-hybridized carbons (Fsp3) is 0. The summed E-state index contributed by atoms with van der Waals surface area (Å²) in [6.45, 7) is 0. The molecule has 4 heteroatoms. The van der Waals surface area contributed by atoms with E-state index in [1.165, 1.54) is 0 Å². The first-order chi connectivity index (χ1) is 22.9. The Labute approximate surface area is 268 Å². The molecule has 0 radical (unpaired) electrons. The SMILES string of the molecule is c1ccc(-c2c(-c3ccccc3-c3ccccc3-c3ncn(-c4ccccc4)c3-c3ccccc3)ncn2-c2ccccc2)cc1. The summed E-state index contributed by atoms with van der Waals surface area (Å²) in [6, 6.07) is 59.0. The molecule has 0 fully saturated rings. The minimum absolute atomic E-state index is 0.929. The van der Waals surface area contributed by atoms with Crippen LogP contribution in [-0.2, 0) is 0 Å². The van der Waals surface area contributed by atoms with Crippen LogP contribution in [0.25, 0.3) is 67.5 Å². The molecule has 46 heavy (non-hydrogen) atoms. The Morgan fingerprint density at radius 2 is 0.609 bits per heavy atom. The van der Waals surface area contributed by atoms with E-state index in [-0.39, 0.29) is 0 Å². The Hall–Kier alpha value is -6.26. The number of para-hydroxylation sites is 2. The van der Waals surface area contributed by atoms with Crippen LogP contribution >= 0.6 is 0 Å². The normalized spacial score (nSPS) is 11.0. The lowest BCUT2D eigenvalue weighted by molar-refractivity contribution is 1.06. The second-order valence-corrected chi connectivity index (χ2v) is 11.1. The molecular weight excluding hydrogens is 560 g/mol. The van der Waals surface area contributed by atoms with Crippen molar-refractivity contribution in [3.63, 3.8) is 0 Å². The van der Waals surface area contributed by atoms with Crippen LogP contribution in [0.3, 0.4) is 0 Å². The Morgan fingerprint density at radius 1 is 0.304 bits per heavy atom. The largest absolute Gasteiger partial charge is 0.298 e. The van der Waals surface area contributed by atoms with E-state index >= 15 is 0 Å². The van der Waals surface area contributed by atoms with Crippen LogP contribution < -0.4 is 0 Å². The van der Waals surface area contributed by atoms with Gasteiger partial charge in [-0.2, -0.15) is 0 Å². The zero-order chi connectivity index (χ0) is 30.7. The third-order valence-electron chi connectivity index (χ3n) is 8.35. The third-order valence-corrected chi connectivity index (χ3v) is 8.35. The molecule has 0 bridgehead atoms. The maximum absolute atomic E-state index is 5.08. The second kappa shape index (κ2) is 12.0. The number of hydrogen-bond donors (Lipinski definition) is 0. The lowest BCUT2D eigenvalue weighted by atomic mass is 9.90. The average molecular weight is 591 g/mol. The Balaban J connectivity index is 1.35. The van der Waals surface area contributed by atoms with Gasteiger partial charge in [0.1, 0.15) is 12.7 Å². The number of hydrogen-bond acceptors (Lipinski definition) is 2. The predicted octanol–water partition coefficient (Wildman–Crippen LogP) is 10.4. The highest BCUT2D eigenvalue weighted by Gasteiger charge is 2.23. The molecule has 218 valence electrons. The van der Waals surface area contributed by atoms with Crippen molar-refractivity contribution in [1.82, 2.24) is 19.1 Å². The molecule has 0 aliphatic heterocycles. The van der Waals surface area contributed by atoms with Gasteiger partial charge in [0.2, 0.25) is 0 Å². The smallest absolute Gasteiger partial charge is 0.100 e. The third kappa shape index (κ3) is 4.92. The zero-order valence-corrected chi connectivity index (χ0v) is 25.1. The van der Waals surface area contributed by atoms with Gasteiger partial charge in [0.05, 0.1) is 22.8 Å². The van der Waals surface area contributed by atoms with Gasteiger partial charge in [0.15, 0.2) is 0 Å². The van der Waals surface area contributed by atoms with Gasteiger partial charge < -0.3 is 0 Å². The van der Waals surface area contributed by atoms with Gasteiger partial charge >= 0.3 is 0 Å². The molecule has 0 saturated heterocycles. The maximum atomic E-state index is 5.08. The monoisotopic (exact) mass is 590 g/mol. The quantitative estimate of drug-likeness (QED) is 0.185. The van der Waals surface area contributed by atoms with E-state index in [9.17, 15) is 0 Å². The molecule has 4 nitrogen and oxygen atoms in total. The average Bonchev–Trinajstić information content (AvgIpc) is 3.79. The molecule has 0 aliphatic rings. The first-order valence-corrected chi connectivity index (χ1v) is 15.4. The van der Waals surface area contributed by atoms with E-state index in [2.05, 4.69) is 167 Å². The van der Waals surface area contributed by atoms with Crippen LogP contribution in [0, 0.1) is 0 Å². The van der Waals surface area contributed by atoms with Crippen LogP contribution in [0.1, 0.15) is 0 Å². The highest BCUT2D eigenvalue weighted by molar-refractivity contribution is 5.96. The van der Waals surface area contributed by atoms with Gasteiger partial charge in [-0.15, -0.1) is 0 Å². The molecule has 6 aromatic carbocycles. The van der Waals surface area contributed by atoms with Crippen molar-refractivity contribution in [2.24, 2.45) is 0 Å². The summed E-state index contributed by atoms with van der Waals surface area (Å²) in [7, 11) is 0. The van der Waals surface area contributed by atoms with Gasteiger partial charge in [-0.25, -0.2) is 9.97 Å². The lowest BCUT2D eigenvalue weighted by Crippen LogP contribution is -1.97. The molecule has 0 unspecified atom stereocenters. The Bertz CT molecular complexity index is 2070. The summed E-state index contributed by atoms with van der Waals surface area (Å²) in [5.74, 6) is 0. The summed E-state index contributed by atoms with van der Waals surface area (Å²) in [5, 5.41) is 0. The van der Waals surface area contributed by atoms with Crippen LogP contribution in [0.4, 0.5) is 0 Å². The number of imidazole rings is 2. The number of nitrogens with zero attached hydrogens (tertiary/aromatic N) is 4. The van der Waals surface area contributed by atoms with Gasteiger partial charge in [-0.3, -0.25) is 9.13 Å². The summed E-state index contributed by atoms with van der Waals surface area (Å²) in [5.41, 5.74) is 12.6. The second-order valence-electron chi connectivity index (χ2n) is 11.1. The number of rotatable bonds is 7. The van der Waals surface area contributed by atoms with E-state index < -0.39 is 0 Å².